The molecule has 98 valence electrons. The molecule has 0 aliphatic heterocycles. The van der Waals surface area contributed by atoms with Crippen LogP contribution in [-0.4, -0.2) is 29.1 Å². The smallest absolute Gasteiger partial charge is 0.248 e. The Bertz CT molecular complexity index is 406. The van der Waals surface area contributed by atoms with Gasteiger partial charge in [-0.15, -0.1) is 0 Å². The molecule has 0 spiro atoms. The zero-order valence-corrected chi connectivity index (χ0v) is 10.3. The Balaban J connectivity index is 2.77. The van der Waals surface area contributed by atoms with E-state index < -0.39 is 18.1 Å². The molecule has 0 radical (unpaired) electrons. The van der Waals surface area contributed by atoms with E-state index in [0.717, 1.165) is 5.56 Å². The van der Waals surface area contributed by atoms with Gasteiger partial charge in [-0.25, -0.2) is 0 Å². The standard InChI is InChI=1S/C13H18N2O3/c1-2-11(16)15-10(12(17)13(14)18)8-9-6-4-3-5-7-9/h3-7,10,12,17H,2,8H2,1H3,(H2,14,18)(H,15,16). The van der Waals surface area contributed by atoms with Crippen LogP contribution in [0.5, 0.6) is 0 Å². The van der Waals surface area contributed by atoms with E-state index in [-0.39, 0.29) is 12.3 Å². The molecule has 5 heteroatoms. The molecule has 0 aliphatic carbocycles. The maximum Gasteiger partial charge on any atom is 0.248 e. The molecule has 1 aromatic carbocycles. The van der Waals surface area contributed by atoms with Crippen LogP contribution < -0.4 is 11.1 Å². The van der Waals surface area contributed by atoms with Crippen LogP contribution in [0, 0.1) is 0 Å². The summed E-state index contributed by atoms with van der Waals surface area (Å²) in [4.78, 5) is 22.4. The summed E-state index contributed by atoms with van der Waals surface area (Å²) in [5.74, 6) is -1.07. The molecular formula is C13H18N2O3. The number of hydrogen-bond acceptors (Lipinski definition) is 3. The average molecular weight is 250 g/mol. The second kappa shape index (κ2) is 6.76. The molecule has 0 saturated heterocycles. The summed E-state index contributed by atoms with van der Waals surface area (Å²) < 4.78 is 0. The molecule has 1 rings (SSSR count). The molecule has 0 aromatic heterocycles. The van der Waals surface area contributed by atoms with Gasteiger partial charge in [0.1, 0.15) is 0 Å². The van der Waals surface area contributed by atoms with Gasteiger partial charge >= 0.3 is 0 Å². The lowest BCUT2D eigenvalue weighted by molar-refractivity contribution is -0.129. The van der Waals surface area contributed by atoms with Crippen molar-refractivity contribution >= 4 is 11.8 Å². The molecule has 2 unspecified atom stereocenters. The average Bonchev–Trinajstić information content (AvgIpc) is 2.38. The van der Waals surface area contributed by atoms with Gasteiger partial charge in [0.2, 0.25) is 11.8 Å². The van der Waals surface area contributed by atoms with Gasteiger partial charge in [-0.3, -0.25) is 9.59 Å². The van der Waals surface area contributed by atoms with Crippen LogP contribution >= 0.6 is 0 Å². The molecule has 1 aromatic rings. The number of hydrogen-bond donors (Lipinski definition) is 3. The van der Waals surface area contributed by atoms with Crippen LogP contribution in [0.25, 0.3) is 0 Å². The van der Waals surface area contributed by atoms with Gasteiger partial charge in [0.25, 0.3) is 0 Å². The molecule has 0 fully saturated rings. The van der Waals surface area contributed by atoms with Gasteiger partial charge in [-0.05, 0) is 12.0 Å². The molecule has 4 N–H and O–H groups in total. The molecule has 0 saturated carbocycles. The lowest BCUT2D eigenvalue weighted by atomic mass is 10.0. The Labute approximate surface area is 106 Å². The topological polar surface area (TPSA) is 92.4 Å². The van der Waals surface area contributed by atoms with Crippen molar-refractivity contribution in [3.05, 3.63) is 35.9 Å². The molecule has 2 amide bonds. The monoisotopic (exact) mass is 250 g/mol. The van der Waals surface area contributed by atoms with Crippen LogP contribution in [0.3, 0.4) is 0 Å². The zero-order chi connectivity index (χ0) is 13.5. The summed E-state index contributed by atoms with van der Waals surface area (Å²) in [5.41, 5.74) is 5.98. The van der Waals surface area contributed by atoms with Crippen LogP contribution in [0.4, 0.5) is 0 Å². The minimum atomic E-state index is -1.39. The third kappa shape index (κ3) is 4.18. The van der Waals surface area contributed by atoms with Crippen molar-refractivity contribution in [2.75, 3.05) is 0 Å². The van der Waals surface area contributed by atoms with Gasteiger partial charge < -0.3 is 16.2 Å². The van der Waals surface area contributed by atoms with E-state index in [2.05, 4.69) is 5.32 Å². The van der Waals surface area contributed by atoms with E-state index in [9.17, 15) is 14.7 Å². The first kappa shape index (κ1) is 14.2. The second-order valence-corrected chi connectivity index (χ2v) is 4.06. The summed E-state index contributed by atoms with van der Waals surface area (Å²) in [7, 11) is 0. The lowest BCUT2D eigenvalue weighted by Crippen LogP contribution is -2.50. The Hall–Kier alpha value is -1.88. The van der Waals surface area contributed by atoms with E-state index in [1.807, 2.05) is 30.3 Å². The first-order chi connectivity index (χ1) is 8.54. The number of nitrogens with one attached hydrogen (secondary N) is 1. The van der Waals surface area contributed by atoms with E-state index >= 15 is 0 Å². The Morgan fingerprint density at radius 3 is 2.44 bits per heavy atom. The van der Waals surface area contributed by atoms with Crippen molar-refractivity contribution < 1.29 is 14.7 Å². The molecule has 2 atom stereocenters. The van der Waals surface area contributed by atoms with Crippen LogP contribution in [0.1, 0.15) is 18.9 Å². The summed E-state index contributed by atoms with van der Waals surface area (Å²) in [6.07, 6.45) is -0.742. The maximum atomic E-state index is 11.4. The fourth-order valence-corrected chi connectivity index (χ4v) is 1.62. The number of aliphatic hydroxyl groups excluding tert-OH is 1. The largest absolute Gasteiger partial charge is 0.381 e. The van der Waals surface area contributed by atoms with Crippen LogP contribution in [-0.2, 0) is 16.0 Å². The Morgan fingerprint density at radius 2 is 1.94 bits per heavy atom. The van der Waals surface area contributed by atoms with Crippen molar-refractivity contribution in [2.45, 2.75) is 31.9 Å². The number of rotatable bonds is 6. The highest BCUT2D eigenvalue weighted by molar-refractivity contribution is 5.81. The number of nitrogens with two attached hydrogens (primary N) is 1. The van der Waals surface area contributed by atoms with Crippen molar-refractivity contribution in [3.8, 4) is 0 Å². The Kier molecular flexibility index (Phi) is 5.32. The maximum absolute atomic E-state index is 11.4. The minimum absolute atomic E-state index is 0.226. The van der Waals surface area contributed by atoms with Crippen LogP contribution in [0.15, 0.2) is 30.3 Å². The molecular weight excluding hydrogens is 232 g/mol. The summed E-state index contributed by atoms with van der Waals surface area (Å²) in [6, 6.07) is 8.60. The minimum Gasteiger partial charge on any atom is -0.381 e. The predicted octanol–water partition coefficient (Wildman–Crippen LogP) is -0.0299. The highest BCUT2D eigenvalue weighted by atomic mass is 16.3. The van der Waals surface area contributed by atoms with Gasteiger partial charge in [0, 0.05) is 6.42 Å². The fourth-order valence-electron chi connectivity index (χ4n) is 1.62. The normalized spacial score (nSPS) is 13.7. The van der Waals surface area contributed by atoms with Crippen molar-refractivity contribution in [2.24, 2.45) is 5.73 Å². The van der Waals surface area contributed by atoms with Crippen molar-refractivity contribution in [3.63, 3.8) is 0 Å². The molecule has 5 nitrogen and oxygen atoms in total. The SMILES string of the molecule is CCC(=O)NC(Cc1ccccc1)C(O)C(N)=O. The molecule has 0 aliphatic rings. The molecule has 0 heterocycles. The highest BCUT2D eigenvalue weighted by Gasteiger charge is 2.25. The Morgan fingerprint density at radius 1 is 1.33 bits per heavy atom. The van der Waals surface area contributed by atoms with Gasteiger partial charge in [0.15, 0.2) is 6.10 Å². The van der Waals surface area contributed by atoms with Crippen molar-refractivity contribution in [1.29, 1.82) is 0 Å². The third-order valence-electron chi connectivity index (χ3n) is 2.64. The first-order valence-electron chi connectivity index (χ1n) is 5.85. The van der Waals surface area contributed by atoms with E-state index in [1.54, 1.807) is 6.92 Å². The van der Waals surface area contributed by atoms with E-state index in [4.69, 9.17) is 5.73 Å². The number of primary amides is 1. The number of carbonyl (C=O) groups excluding carboxylic acids is 2. The number of amides is 2. The zero-order valence-electron chi connectivity index (χ0n) is 10.3. The molecule has 18 heavy (non-hydrogen) atoms. The molecule has 0 bridgehead atoms. The van der Waals surface area contributed by atoms with Gasteiger partial charge in [-0.2, -0.15) is 0 Å². The van der Waals surface area contributed by atoms with Gasteiger partial charge in [-0.1, -0.05) is 37.3 Å². The summed E-state index contributed by atoms with van der Waals surface area (Å²) in [6.45, 7) is 1.70. The fraction of sp³-hybridized carbons (Fsp3) is 0.385. The predicted molar refractivity (Wildman–Crippen MR) is 67.6 cm³/mol. The van der Waals surface area contributed by atoms with E-state index in [0.29, 0.717) is 6.42 Å². The highest BCUT2D eigenvalue weighted by Crippen LogP contribution is 2.06. The van der Waals surface area contributed by atoms with E-state index in [1.165, 1.54) is 0 Å². The summed E-state index contributed by atoms with van der Waals surface area (Å²) in [5, 5.41) is 12.3. The third-order valence-corrected chi connectivity index (χ3v) is 2.64. The first-order valence-corrected chi connectivity index (χ1v) is 5.85. The van der Waals surface area contributed by atoms with Crippen LogP contribution in [0.2, 0.25) is 0 Å². The summed E-state index contributed by atoms with van der Waals surface area (Å²) >= 11 is 0. The lowest BCUT2D eigenvalue weighted by Gasteiger charge is -2.22. The van der Waals surface area contributed by atoms with Gasteiger partial charge in [0.05, 0.1) is 6.04 Å². The quantitative estimate of drug-likeness (QED) is 0.662. The van der Waals surface area contributed by atoms with Crippen molar-refractivity contribution in [1.82, 2.24) is 5.32 Å². The second-order valence-electron chi connectivity index (χ2n) is 4.06. The number of aliphatic hydroxyl groups is 1. The number of carbonyl (C=O) groups is 2. The number of benzene rings is 1.